The standard InChI is InChI=1S/C19H23N3/c1-2-3-4-5-8-15-10-12-16(13-11-15)18-19(20)22-14-7-6-9-17(22)21-18/h6-7,9-14H,2-5,8,20H2,1H3. The van der Waals surface area contributed by atoms with Crippen molar-refractivity contribution in [3.05, 3.63) is 54.2 Å². The van der Waals surface area contributed by atoms with Crippen LogP contribution in [0.15, 0.2) is 48.7 Å². The van der Waals surface area contributed by atoms with E-state index in [9.17, 15) is 0 Å². The molecule has 0 amide bonds. The van der Waals surface area contributed by atoms with Crippen LogP contribution < -0.4 is 5.73 Å². The van der Waals surface area contributed by atoms with Crippen LogP contribution >= 0.6 is 0 Å². The van der Waals surface area contributed by atoms with Gasteiger partial charge in [0.15, 0.2) is 0 Å². The Kier molecular flexibility index (Phi) is 4.42. The highest BCUT2D eigenvalue weighted by atomic mass is 15.1. The van der Waals surface area contributed by atoms with Gasteiger partial charge in [0, 0.05) is 11.8 Å². The number of aromatic nitrogens is 2. The second kappa shape index (κ2) is 6.65. The van der Waals surface area contributed by atoms with E-state index in [1.807, 2.05) is 28.8 Å². The summed E-state index contributed by atoms with van der Waals surface area (Å²) in [6.07, 6.45) is 8.30. The van der Waals surface area contributed by atoms with Crippen LogP contribution in [0.25, 0.3) is 16.9 Å². The van der Waals surface area contributed by atoms with E-state index in [-0.39, 0.29) is 0 Å². The minimum absolute atomic E-state index is 0.700. The number of hydrogen-bond donors (Lipinski definition) is 1. The largest absolute Gasteiger partial charge is 0.383 e. The molecule has 0 spiro atoms. The molecule has 0 aliphatic rings. The first-order valence-electron chi connectivity index (χ1n) is 8.11. The number of nitrogens with two attached hydrogens (primary N) is 1. The van der Waals surface area contributed by atoms with Crippen molar-refractivity contribution in [3.8, 4) is 11.3 Å². The Hall–Kier alpha value is -2.29. The van der Waals surface area contributed by atoms with Gasteiger partial charge >= 0.3 is 0 Å². The highest BCUT2D eigenvalue weighted by Gasteiger charge is 2.10. The molecule has 0 aliphatic carbocycles. The van der Waals surface area contributed by atoms with Crippen LogP contribution in [0.2, 0.25) is 0 Å². The van der Waals surface area contributed by atoms with Gasteiger partial charge in [0.25, 0.3) is 0 Å². The van der Waals surface area contributed by atoms with Gasteiger partial charge in [0.05, 0.1) is 0 Å². The third-order valence-electron chi connectivity index (χ3n) is 4.11. The molecule has 2 heterocycles. The molecule has 0 fully saturated rings. The number of hydrogen-bond acceptors (Lipinski definition) is 2. The van der Waals surface area contributed by atoms with Crippen molar-refractivity contribution in [1.82, 2.24) is 9.38 Å². The van der Waals surface area contributed by atoms with Gasteiger partial charge in [-0.2, -0.15) is 0 Å². The Balaban J connectivity index is 1.78. The van der Waals surface area contributed by atoms with Gasteiger partial charge in [-0.1, -0.05) is 56.5 Å². The van der Waals surface area contributed by atoms with E-state index in [0.717, 1.165) is 23.3 Å². The lowest BCUT2D eigenvalue weighted by Crippen LogP contribution is -1.93. The molecule has 0 aliphatic heterocycles. The topological polar surface area (TPSA) is 43.3 Å². The number of pyridine rings is 1. The molecule has 2 aromatic heterocycles. The number of nitrogen functional groups attached to an aromatic ring is 1. The maximum Gasteiger partial charge on any atom is 0.139 e. The fourth-order valence-electron chi connectivity index (χ4n) is 2.81. The number of anilines is 1. The van der Waals surface area contributed by atoms with Crippen LogP contribution in [0.1, 0.15) is 38.2 Å². The minimum atomic E-state index is 0.700. The van der Waals surface area contributed by atoms with Gasteiger partial charge in [0.1, 0.15) is 17.2 Å². The van der Waals surface area contributed by atoms with Crippen LogP contribution in [0.3, 0.4) is 0 Å². The molecular weight excluding hydrogens is 270 g/mol. The SMILES string of the molecule is CCCCCCc1ccc(-c2nc3ccccn3c2N)cc1. The predicted octanol–water partition coefficient (Wildman–Crippen LogP) is 4.71. The monoisotopic (exact) mass is 293 g/mol. The molecule has 3 heteroatoms. The van der Waals surface area contributed by atoms with Gasteiger partial charge in [-0.25, -0.2) is 4.98 Å². The summed E-state index contributed by atoms with van der Waals surface area (Å²) < 4.78 is 1.92. The number of fused-ring (bicyclic) bond motifs is 1. The first kappa shape index (κ1) is 14.6. The number of nitrogens with zero attached hydrogens (tertiary/aromatic N) is 2. The molecule has 1 aromatic carbocycles. The first-order valence-corrected chi connectivity index (χ1v) is 8.11. The van der Waals surface area contributed by atoms with Crippen molar-refractivity contribution < 1.29 is 0 Å². The summed E-state index contributed by atoms with van der Waals surface area (Å²) >= 11 is 0. The molecule has 0 bridgehead atoms. The zero-order valence-corrected chi connectivity index (χ0v) is 13.1. The van der Waals surface area contributed by atoms with Gasteiger partial charge in [-0.15, -0.1) is 0 Å². The van der Waals surface area contributed by atoms with E-state index in [1.165, 1.54) is 31.2 Å². The Labute approximate surface area is 131 Å². The molecule has 114 valence electrons. The second-order valence-electron chi connectivity index (χ2n) is 5.78. The van der Waals surface area contributed by atoms with Crippen LogP contribution in [-0.4, -0.2) is 9.38 Å². The highest BCUT2D eigenvalue weighted by Crippen LogP contribution is 2.26. The third kappa shape index (κ3) is 2.98. The molecular formula is C19H23N3. The molecule has 3 aromatic rings. The maximum atomic E-state index is 6.22. The van der Waals surface area contributed by atoms with Crippen molar-refractivity contribution in [2.45, 2.75) is 39.0 Å². The summed E-state index contributed by atoms with van der Waals surface area (Å²) in [5.74, 6) is 0.700. The first-order chi connectivity index (χ1) is 10.8. The fourth-order valence-corrected chi connectivity index (χ4v) is 2.81. The number of imidazole rings is 1. The van der Waals surface area contributed by atoms with Crippen molar-refractivity contribution in [1.29, 1.82) is 0 Å². The molecule has 3 nitrogen and oxygen atoms in total. The van der Waals surface area contributed by atoms with E-state index in [2.05, 4.69) is 36.2 Å². The van der Waals surface area contributed by atoms with Crippen molar-refractivity contribution in [2.75, 3.05) is 5.73 Å². The van der Waals surface area contributed by atoms with Gasteiger partial charge in [0.2, 0.25) is 0 Å². The zero-order chi connectivity index (χ0) is 15.4. The molecule has 0 atom stereocenters. The molecule has 22 heavy (non-hydrogen) atoms. The van der Waals surface area contributed by atoms with E-state index < -0.39 is 0 Å². The number of unbranched alkanes of at least 4 members (excludes halogenated alkanes) is 3. The number of benzene rings is 1. The molecule has 2 N–H and O–H groups in total. The maximum absolute atomic E-state index is 6.22. The second-order valence-corrected chi connectivity index (χ2v) is 5.78. The van der Waals surface area contributed by atoms with Crippen molar-refractivity contribution >= 4 is 11.5 Å². The van der Waals surface area contributed by atoms with Gasteiger partial charge in [-0.05, 0) is 30.5 Å². The third-order valence-corrected chi connectivity index (χ3v) is 4.11. The number of rotatable bonds is 6. The summed E-state index contributed by atoms with van der Waals surface area (Å²) in [5.41, 5.74) is 10.4. The van der Waals surface area contributed by atoms with Gasteiger partial charge < -0.3 is 5.73 Å². The van der Waals surface area contributed by atoms with E-state index in [0.29, 0.717) is 5.82 Å². The van der Waals surface area contributed by atoms with Gasteiger partial charge in [-0.3, -0.25) is 4.40 Å². The van der Waals surface area contributed by atoms with Crippen LogP contribution in [0.5, 0.6) is 0 Å². The fraction of sp³-hybridized carbons (Fsp3) is 0.316. The highest BCUT2D eigenvalue weighted by molar-refractivity contribution is 5.74. The van der Waals surface area contributed by atoms with E-state index in [1.54, 1.807) is 0 Å². The smallest absolute Gasteiger partial charge is 0.139 e. The zero-order valence-electron chi connectivity index (χ0n) is 13.1. The summed E-state index contributed by atoms with van der Waals surface area (Å²) in [5, 5.41) is 0. The minimum Gasteiger partial charge on any atom is -0.383 e. The summed E-state index contributed by atoms with van der Waals surface area (Å²) in [4.78, 5) is 4.64. The van der Waals surface area contributed by atoms with Crippen molar-refractivity contribution in [3.63, 3.8) is 0 Å². The molecule has 0 unspecified atom stereocenters. The molecule has 0 saturated heterocycles. The molecule has 0 saturated carbocycles. The molecule has 3 rings (SSSR count). The lowest BCUT2D eigenvalue weighted by molar-refractivity contribution is 0.667. The Bertz CT molecular complexity index is 741. The Morgan fingerprint density at radius 1 is 1.00 bits per heavy atom. The summed E-state index contributed by atoms with van der Waals surface area (Å²) in [7, 11) is 0. The van der Waals surface area contributed by atoms with E-state index >= 15 is 0 Å². The average molecular weight is 293 g/mol. The lowest BCUT2D eigenvalue weighted by Gasteiger charge is -2.03. The van der Waals surface area contributed by atoms with Crippen LogP contribution in [-0.2, 0) is 6.42 Å². The van der Waals surface area contributed by atoms with Crippen LogP contribution in [0.4, 0.5) is 5.82 Å². The summed E-state index contributed by atoms with van der Waals surface area (Å²) in [6.45, 7) is 2.24. The summed E-state index contributed by atoms with van der Waals surface area (Å²) in [6, 6.07) is 14.6. The lowest BCUT2D eigenvalue weighted by atomic mass is 10.0. The normalized spacial score (nSPS) is 11.1. The molecule has 0 radical (unpaired) electrons. The van der Waals surface area contributed by atoms with Crippen molar-refractivity contribution in [2.24, 2.45) is 0 Å². The Morgan fingerprint density at radius 2 is 1.82 bits per heavy atom. The predicted molar refractivity (Wildman–Crippen MR) is 92.9 cm³/mol. The van der Waals surface area contributed by atoms with E-state index in [4.69, 9.17) is 5.73 Å². The number of aryl methyl sites for hydroxylation is 1. The quantitative estimate of drug-likeness (QED) is 0.669. The van der Waals surface area contributed by atoms with Crippen LogP contribution in [0, 0.1) is 0 Å². The Morgan fingerprint density at radius 3 is 2.55 bits per heavy atom. The average Bonchev–Trinajstić information content (AvgIpc) is 2.90.